The minimum Gasteiger partial charge on any atom is -0.348 e. The summed E-state index contributed by atoms with van der Waals surface area (Å²) in [5.41, 5.74) is 2.68. The van der Waals surface area contributed by atoms with E-state index in [1.807, 2.05) is 0 Å². The van der Waals surface area contributed by atoms with Gasteiger partial charge >= 0.3 is 0 Å². The van der Waals surface area contributed by atoms with E-state index in [2.05, 4.69) is 15.7 Å². The molecule has 2 N–H and O–H groups in total. The zero-order chi connectivity index (χ0) is 19.0. The molecule has 9 heteroatoms. The summed E-state index contributed by atoms with van der Waals surface area (Å²) in [6.45, 7) is 0.488. The third-order valence-corrected chi connectivity index (χ3v) is 4.20. The highest BCUT2D eigenvalue weighted by Crippen LogP contribution is 2.21. The molecule has 2 aromatic carbocycles. The largest absolute Gasteiger partial charge is 0.348 e. The molecule has 0 spiro atoms. The fraction of sp³-hybridized carbons (Fsp3) is 0.0556. The first-order valence-electron chi connectivity index (χ1n) is 8.04. The molecule has 0 bridgehead atoms. The van der Waals surface area contributed by atoms with Crippen molar-refractivity contribution in [2.24, 2.45) is 0 Å². The third kappa shape index (κ3) is 3.13. The Labute approximate surface area is 152 Å². The lowest BCUT2D eigenvalue weighted by atomic mass is 10.1. The fourth-order valence-corrected chi connectivity index (χ4v) is 2.80. The summed E-state index contributed by atoms with van der Waals surface area (Å²) in [6, 6.07) is 12.5. The van der Waals surface area contributed by atoms with Crippen molar-refractivity contribution in [1.82, 2.24) is 15.1 Å². The van der Waals surface area contributed by atoms with Crippen molar-refractivity contribution in [3.05, 3.63) is 81.7 Å². The number of nitro groups is 1. The molecule has 1 aromatic heterocycles. The summed E-state index contributed by atoms with van der Waals surface area (Å²) in [7, 11) is 0. The standard InChI is InChI=1S/C18H13N5O4/c24-17-15-9-12(2-1-11(15)10-19-17)20-18(25)16-7-8-22(21-16)13-3-5-14(6-4-13)23(26)27/h1-9H,10H2,(H,19,24)(H,20,25). The van der Waals surface area contributed by atoms with Gasteiger partial charge in [-0.1, -0.05) is 6.07 Å². The number of hydrogen-bond donors (Lipinski definition) is 2. The van der Waals surface area contributed by atoms with Crippen molar-refractivity contribution >= 4 is 23.2 Å². The van der Waals surface area contributed by atoms with Crippen molar-refractivity contribution < 1.29 is 14.5 Å². The molecule has 2 heterocycles. The number of hydrogen-bond acceptors (Lipinski definition) is 5. The van der Waals surface area contributed by atoms with Crippen molar-refractivity contribution in [2.75, 3.05) is 5.32 Å². The average Bonchev–Trinajstić information content (AvgIpc) is 3.30. The number of carbonyl (C=O) groups excluding carboxylic acids is 2. The molecule has 0 unspecified atom stereocenters. The van der Waals surface area contributed by atoms with Gasteiger partial charge in [0, 0.05) is 36.1 Å². The highest BCUT2D eigenvalue weighted by molar-refractivity contribution is 6.04. The van der Waals surface area contributed by atoms with Gasteiger partial charge in [0.25, 0.3) is 17.5 Å². The molecule has 3 aromatic rings. The maximum atomic E-state index is 12.4. The van der Waals surface area contributed by atoms with E-state index < -0.39 is 10.8 Å². The maximum absolute atomic E-state index is 12.4. The number of nitrogens with one attached hydrogen (secondary N) is 2. The Kier molecular flexibility index (Phi) is 3.88. The van der Waals surface area contributed by atoms with Gasteiger partial charge in [-0.2, -0.15) is 5.10 Å². The topological polar surface area (TPSA) is 119 Å². The molecule has 0 saturated carbocycles. The Morgan fingerprint density at radius 3 is 2.70 bits per heavy atom. The number of non-ortho nitro benzene ring substituents is 1. The minimum atomic E-state index is -0.484. The van der Waals surface area contributed by atoms with Gasteiger partial charge in [0.15, 0.2) is 5.69 Å². The highest BCUT2D eigenvalue weighted by Gasteiger charge is 2.19. The first kappa shape index (κ1) is 16.5. The van der Waals surface area contributed by atoms with Crippen LogP contribution in [0.25, 0.3) is 5.69 Å². The SMILES string of the molecule is O=C(Nc1ccc2c(c1)C(=O)NC2)c1ccn(-c2ccc([N+](=O)[O-])cc2)n1. The lowest BCUT2D eigenvalue weighted by Gasteiger charge is -2.05. The minimum absolute atomic E-state index is 0.0236. The highest BCUT2D eigenvalue weighted by atomic mass is 16.6. The monoisotopic (exact) mass is 363 g/mol. The van der Waals surface area contributed by atoms with Crippen LogP contribution in [0.4, 0.5) is 11.4 Å². The van der Waals surface area contributed by atoms with Gasteiger partial charge in [0.05, 0.1) is 10.6 Å². The van der Waals surface area contributed by atoms with E-state index in [0.29, 0.717) is 23.5 Å². The van der Waals surface area contributed by atoms with E-state index in [9.17, 15) is 19.7 Å². The van der Waals surface area contributed by atoms with Crippen LogP contribution < -0.4 is 10.6 Å². The van der Waals surface area contributed by atoms with Gasteiger partial charge < -0.3 is 10.6 Å². The zero-order valence-electron chi connectivity index (χ0n) is 13.9. The molecule has 1 aliphatic rings. The Morgan fingerprint density at radius 2 is 1.96 bits per heavy atom. The summed E-state index contributed by atoms with van der Waals surface area (Å²) in [5, 5.41) is 20.3. The van der Waals surface area contributed by atoms with Crippen LogP contribution in [-0.4, -0.2) is 26.5 Å². The summed E-state index contributed by atoms with van der Waals surface area (Å²) in [6.07, 6.45) is 1.59. The molecule has 4 rings (SSSR count). The predicted molar refractivity (Wildman–Crippen MR) is 95.8 cm³/mol. The third-order valence-electron chi connectivity index (χ3n) is 4.20. The maximum Gasteiger partial charge on any atom is 0.276 e. The summed E-state index contributed by atoms with van der Waals surface area (Å²) in [5.74, 6) is -0.586. The number of amides is 2. The molecular weight excluding hydrogens is 350 g/mol. The quantitative estimate of drug-likeness (QED) is 0.544. The molecular formula is C18H13N5O4. The molecule has 2 amide bonds. The molecule has 27 heavy (non-hydrogen) atoms. The van der Waals surface area contributed by atoms with Crippen LogP contribution in [0, 0.1) is 10.1 Å². The summed E-state index contributed by atoms with van der Waals surface area (Å²) >= 11 is 0. The second-order valence-corrected chi connectivity index (χ2v) is 5.93. The Morgan fingerprint density at radius 1 is 1.19 bits per heavy atom. The molecule has 0 saturated heterocycles. The van der Waals surface area contributed by atoms with Gasteiger partial charge in [-0.3, -0.25) is 19.7 Å². The lowest BCUT2D eigenvalue weighted by molar-refractivity contribution is -0.384. The number of nitrogens with zero attached hydrogens (tertiary/aromatic N) is 3. The van der Waals surface area contributed by atoms with E-state index in [1.54, 1.807) is 36.5 Å². The molecule has 134 valence electrons. The van der Waals surface area contributed by atoms with E-state index in [0.717, 1.165) is 5.56 Å². The lowest BCUT2D eigenvalue weighted by Crippen LogP contribution is -2.14. The second-order valence-electron chi connectivity index (χ2n) is 5.93. The molecule has 0 atom stereocenters. The smallest absolute Gasteiger partial charge is 0.276 e. The van der Waals surface area contributed by atoms with E-state index in [-0.39, 0.29) is 17.3 Å². The molecule has 0 aliphatic carbocycles. The first-order chi connectivity index (χ1) is 13.0. The zero-order valence-corrected chi connectivity index (χ0v) is 13.9. The van der Waals surface area contributed by atoms with Crippen LogP contribution in [0.2, 0.25) is 0 Å². The summed E-state index contributed by atoms with van der Waals surface area (Å²) < 4.78 is 1.45. The van der Waals surface area contributed by atoms with Gasteiger partial charge in [-0.25, -0.2) is 4.68 Å². The van der Waals surface area contributed by atoms with Gasteiger partial charge in [-0.05, 0) is 35.9 Å². The number of aromatic nitrogens is 2. The Balaban J connectivity index is 1.51. The average molecular weight is 363 g/mol. The summed E-state index contributed by atoms with van der Waals surface area (Å²) in [4.78, 5) is 34.4. The number of rotatable bonds is 4. The number of carbonyl (C=O) groups is 2. The van der Waals surface area contributed by atoms with Gasteiger partial charge in [0.1, 0.15) is 0 Å². The Hall–Kier alpha value is -4.01. The van der Waals surface area contributed by atoms with Crippen molar-refractivity contribution in [3.8, 4) is 5.69 Å². The number of fused-ring (bicyclic) bond motifs is 1. The molecule has 0 radical (unpaired) electrons. The van der Waals surface area contributed by atoms with Crippen LogP contribution in [-0.2, 0) is 6.54 Å². The molecule has 0 fully saturated rings. The van der Waals surface area contributed by atoms with E-state index >= 15 is 0 Å². The predicted octanol–water partition coefficient (Wildman–Crippen LogP) is 2.28. The molecule has 9 nitrogen and oxygen atoms in total. The van der Waals surface area contributed by atoms with Crippen molar-refractivity contribution in [2.45, 2.75) is 6.54 Å². The number of benzene rings is 2. The van der Waals surface area contributed by atoms with E-state index in [1.165, 1.54) is 22.9 Å². The van der Waals surface area contributed by atoms with Crippen LogP contribution in [0.15, 0.2) is 54.7 Å². The van der Waals surface area contributed by atoms with Crippen LogP contribution in [0.3, 0.4) is 0 Å². The van der Waals surface area contributed by atoms with Crippen LogP contribution in [0.1, 0.15) is 26.4 Å². The van der Waals surface area contributed by atoms with Crippen LogP contribution in [0.5, 0.6) is 0 Å². The number of anilines is 1. The Bertz CT molecular complexity index is 1070. The van der Waals surface area contributed by atoms with E-state index in [4.69, 9.17) is 0 Å². The number of nitro benzene ring substituents is 1. The van der Waals surface area contributed by atoms with Crippen molar-refractivity contribution in [3.63, 3.8) is 0 Å². The molecule has 1 aliphatic heterocycles. The van der Waals surface area contributed by atoms with Crippen LogP contribution >= 0.6 is 0 Å². The fourth-order valence-electron chi connectivity index (χ4n) is 2.80. The first-order valence-corrected chi connectivity index (χ1v) is 8.04. The normalized spacial score (nSPS) is 12.4. The van der Waals surface area contributed by atoms with Gasteiger partial charge in [-0.15, -0.1) is 0 Å². The van der Waals surface area contributed by atoms with Crippen molar-refractivity contribution in [1.29, 1.82) is 0 Å². The second kappa shape index (κ2) is 6.37. The van der Waals surface area contributed by atoms with Gasteiger partial charge in [0.2, 0.25) is 0 Å².